The zero-order valence-corrected chi connectivity index (χ0v) is 27.1. The number of unbranched alkanes of at least 4 members (excludes halogenated alkanes) is 11. The molecule has 6 N–H and O–H groups in total. The summed E-state index contributed by atoms with van der Waals surface area (Å²) in [4.78, 5) is 71.1. The minimum Gasteiger partial charge on any atom is -0.480 e. The second-order valence-electron chi connectivity index (χ2n) is 11.2. The lowest BCUT2D eigenvalue weighted by atomic mass is 10.0. The average molecular weight is 641 g/mol. The molecule has 0 unspecified atom stereocenters. The molecular weight excluding hydrogens is 587 g/mol. The highest BCUT2D eigenvalue weighted by Crippen LogP contribution is 2.12. The van der Waals surface area contributed by atoms with E-state index in [-0.39, 0.29) is 37.2 Å². The summed E-state index contributed by atoms with van der Waals surface area (Å²) in [6, 6.07) is -3.17. The van der Waals surface area contributed by atoms with E-state index in [1.165, 1.54) is 44.9 Å². The van der Waals surface area contributed by atoms with Crippen molar-refractivity contribution < 1.29 is 39.0 Å². The molecule has 0 heterocycles. The van der Waals surface area contributed by atoms with Gasteiger partial charge in [-0.3, -0.25) is 19.2 Å². The summed E-state index contributed by atoms with van der Waals surface area (Å²) in [6.45, 7) is 2.53. The molecule has 0 aromatic carbocycles. The first-order valence-corrected chi connectivity index (χ1v) is 16.5. The third-order valence-electron chi connectivity index (χ3n) is 7.34. The van der Waals surface area contributed by atoms with Crippen molar-refractivity contribution in [1.82, 2.24) is 21.2 Å². The van der Waals surface area contributed by atoms with E-state index in [0.29, 0.717) is 32.2 Å². The van der Waals surface area contributed by atoms with Crippen LogP contribution < -0.4 is 21.2 Å². The molecule has 3 atom stereocenters. The van der Waals surface area contributed by atoms with E-state index in [4.69, 9.17) is 7.98 Å². The number of carbonyl (C=O) groups excluding carboxylic acids is 4. The van der Waals surface area contributed by atoms with Crippen LogP contribution >= 0.6 is 12.6 Å². The van der Waals surface area contributed by atoms with Crippen molar-refractivity contribution >= 4 is 55.4 Å². The fourth-order valence-corrected chi connectivity index (χ4v) is 4.82. The van der Waals surface area contributed by atoms with Gasteiger partial charge in [0.25, 0.3) is 0 Å². The molecule has 0 fully saturated rings. The smallest absolute Gasteiger partial charge is 0.326 e. The van der Waals surface area contributed by atoms with Crippen molar-refractivity contribution in [1.29, 1.82) is 0 Å². The van der Waals surface area contributed by atoms with Gasteiger partial charge in [0.15, 0.2) is 7.98 Å². The molecule has 14 heteroatoms. The monoisotopic (exact) mass is 640 g/mol. The Morgan fingerprint density at radius 2 is 1.05 bits per heavy atom. The van der Waals surface area contributed by atoms with Crippen molar-refractivity contribution in [2.75, 3.05) is 6.54 Å². The molecule has 0 aromatic heterocycles. The molecule has 0 aromatic rings. The summed E-state index contributed by atoms with van der Waals surface area (Å²) < 4.78 is 0. The lowest BCUT2D eigenvalue weighted by Gasteiger charge is -2.17. The van der Waals surface area contributed by atoms with Gasteiger partial charge in [0.1, 0.15) is 12.1 Å². The fourth-order valence-electron chi connectivity index (χ4n) is 4.62. The van der Waals surface area contributed by atoms with Crippen molar-refractivity contribution in [2.45, 2.75) is 147 Å². The first-order chi connectivity index (χ1) is 21.0. The number of amides is 3. The van der Waals surface area contributed by atoms with Gasteiger partial charge in [-0.1, -0.05) is 71.1 Å². The minimum absolute atomic E-state index is 0.147. The van der Waals surface area contributed by atoms with Gasteiger partial charge in [-0.05, 0) is 38.5 Å². The zero-order valence-electron chi connectivity index (χ0n) is 26.2. The Hall–Kier alpha value is -2.61. The Labute approximate surface area is 268 Å². The Balaban J connectivity index is 4.26. The van der Waals surface area contributed by atoms with Crippen LogP contribution in [0.4, 0.5) is 0 Å². The summed E-state index contributed by atoms with van der Waals surface area (Å²) in [5, 5.41) is 28.3. The number of hydrogen-bond acceptors (Lipinski definition) is 7. The van der Waals surface area contributed by atoms with E-state index in [9.17, 15) is 39.0 Å². The summed E-state index contributed by atoms with van der Waals surface area (Å²) in [7, 11) is 5.26. The molecule has 0 saturated carbocycles. The van der Waals surface area contributed by atoms with Crippen molar-refractivity contribution in [3.8, 4) is 0 Å². The predicted molar refractivity (Wildman–Crippen MR) is 172 cm³/mol. The van der Waals surface area contributed by atoms with E-state index in [1.807, 2.05) is 0 Å². The second kappa shape index (κ2) is 26.8. The molecule has 0 aliphatic heterocycles. The predicted octanol–water partition coefficient (Wildman–Crippen LogP) is 3.17. The Kier molecular flexibility index (Phi) is 25.2. The fraction of sp³-hybridized carbons (Fsp3) is 0.800. The van der Waals surface area contributed by atoms with Gasteiger partial charge in [-0.25, -0.2) is 9.59 Å². The molecule has 0 aliphatic rings. The van der Waals surface area contributed by atoms with Crippen LogP contribution in [0.3, 0.4) is 0 Å². The van der Waals surface area contributed by atoms with Gasteiger partial charge < -0.3 is 31.4 Å². The van der Waals surface area contributed by atoms with E-state index in [0.717, 1.165) is 19.3 Å². The average Bonchev–Trinajstić information content (AvgIpc) is 2.97. The highest BCUT2D eigenvalue weighted by molar-refractivity contribution is 7.96. The van der Waals surface area contributed by atoms with Crippen LogP contribution in [0.2, 0.25) is 0 Å². The number of carbonyl (C=O) groups is 6. The largest absolute Gasteiger partial charge is 0.480 e. The van der Waals surface area contributed by atoms with Gasteiger partial charge in [0.2, 0.25) is 22.8 Å². The maximum absolute atomic E-state index is 12.3. The van der Waals surface area contributed by atoms with Crippen LogP contribution in [0.1, 0.15) is 129 Å². The molecule has 0 rings (SSSR count). The normalized spacial score (nSPS) is 13.0. The molecule has 0 saturated heterocycles. The van der Waals surface area contributed by atoms with E-state index < -0.39 is 47.8 Å². The lowest BCUT2D eigenvalue weighted by Crippen LogP contribution is -2.44. The van der Waals surface area contributed by atoms with Crippen molar-refractivity contribution in [3.05, 3.63) is 0 Å². The molecule has 0 bridgehead atoms. The molecular formula is C30H53BN4O8S. The highest BCUT2D eigenvalue weighted by atomic mass is 32.1. The standard InChI is InChI=1S/C30H53BN4O8S/c1-2-3-4-5-6-7-8-9-10-11-12-16-26(37)33-23(29(41)42)18-20-27(38)34-22(28(39)40)17-19-25(36)32-21-14-13-15-24(35-31)30(43)44/h22-24,35H,2-21H2,1H3,(H,32,36)(H,33,37)(H,34,38)(H,39,40)(H,41,42)(H,43,44)/t22-,23-,24-/m0/s1. The molecule has 0 aliphatic carbocycles. The van der Waals surface area contributed by atoms with Gasteiger partial charge in [0.05, 0.1) is 6.04 Å². The zero-order chi connectivity index (χ0) is 33.2. The number of nitrogens with one attached hydrogen (secondary N) is 4. The summed E-state index contributed by atoms with van der Waals surface area (Å²) >= 11 is 3.72. The molecule has 250 valence electrons. The Morgan fingerprint density at radius 1 is 0.591 bits per heavy atom. The summed E-state index contributed by atoms with van der Waals surface area (Å²) in [5.41, 5.74) is 0. The molecule has 3 amide bonds. The molecule has 12 nitrogen and oxygen atoms in total. The maximum Gasteiger partial charge on any atom is 0.326 e. The molecule has 0 spiro atoms. The van der Waals surface area contributed by atoms with Crippen LogP contribution in [0, 0.1) is 0 Å². The van der Waals surface area contributed by atoms with Crippen molar-refractivity contribution in [3.63, 3.8) is 0 Å². The van der Waals surface area contributed by atoms with E-state index >= 15 is 0 Å². The topological polar surface area (TPSA) is 191 Å². The number of hydrogen-bond donors (Lipinski definition) is 7. The minimum atomic E-state index is -1.33. The van der Waals surface area contributed by atoms with E-state index in [1.54, 1.807) is 0 Å². The number of aliphatic carboxylic acids is 2. The first kappa shape index (κ1) is 41.4. The van der Waals surface area contributed by atoms with Gasteiger partial charge in [-0.15, -0.1) is 12.6 Å². The first-order valence-electron chi connectivity index (χ1n) is 16.0. The Bertz CT molecular complexity index is 880. The Morgan fingerprint density at radius 3 is 1.50 bits per heavy atom. The third kappa shape index (κ3) is 22.9. The van der Waals surface area contributed by atoms with Gasteiger partial charge in [-0.2, -0.15) is 0 Å². The summed E-state index contributed by atoms with van der Waals surface area (Å²) in [5.74, 6) is -4.07. The molecule has 2 radical (unpaired) electrons. The van der Waals surface area contributed by atoms with Gasteiger partial charge >= 0.3 is 11.9 Å². The molecule has 44 heavy (non-hydrogen) atoms. The van der Waals surface area contributed by atoms with Crippen molar-refractivity contribution in [2.24, 2.45) is 0 Å². The number of carboxylic acid groups (broad SMARTS) is 2. The second-order valence-corrected chi connectivity index (χ2v) is 11.6. The lowest BCUT2D eigenvalue weighted by molar-refractivity contribution is -0.143. The third-order valence-corrected chi connectivity index (χ3v) is 7.65. The SMILES string of the molecule is [B]N[C@@H](CCCCNC(=O)CC[C@H](NC(=O)CC[C@H](NC(=O)CCCCCCCCCCCCC)C(=O)O)C(=O)O)C(=O)S. The maximum atomic E-state index is 12.3. The van der Waals surface area contributed by atoms with Crippen LogP contribution in [-0.4, -0.2) is 77.6 Å². The highest BCUT2D eigenvalue weighted by Gasteiger charge is 2.24. The van der Waals surface area contributed by atoms with Gasteiger partial charge in [0, 0.05) is 25.8 Å². The number of rotatable bonds is 29. The van der Waals surface area contributed by atoms with Crippen LogP contribution in [0.25, 0.3) is 0 Å². The number of thiol groups is 1. The van der Waals surface area contributed by atoms with Crippen LogP contribution in [-0.2, 0) is 28.8 Å². The quantitative estimate of drug-likeness (QED) is 0.0366. The van der Waals surface area contributed by atoms with E-state index in [2.05, 4.69) is 40.7 Å². The van der Waals surface area contributed by atoms with Crippen LogP contribution in [0.5, 0.6) is 0 Å². The number of carboxylic acids is 2. The van der Waals surface area contributed by atoms with Crippen LogP contribution in [0.15, 0.2) is 0 Å². The summed E-state index contributed by atoms with van der Waals surface area (Å²) in [6.07, 6.45) is 13.6.